The summed E-state index contributed by atoms with van der Waals surface area (Å²) in [5.74, 6) is 0. The molecule has 2 nitrogen and oxygen atoms in total. The zero-order valence-electron chi connectivity index (χ0n) is 9.32. The lowest BCUT2D eigenvalue weighted by molar-refractivity contribution is 0.685. The molecule has 3 rings (SSSR count). The fourth-order valence-corrected chi connectivity index (χ4v) is 2.54. The average molecular weight is 265 g/mol. The molecular formula is C13H13ClN2S. The SMILES string of the molecule is Clc1ccc(-c2csc(CNC3CC3)n2)cc1. The lowest BCUT2D eigenvalue weighted by Crippen LogP contribution is -2.14. The Morgan fingerprint density at radius 2 is 2.06 bits per heavy atom. The first-order valence-electron chi connectivity index (χ1n) is 5.75. The number of aromatic nitrogens is 1. The van der Waals surface area contributed by atoms with E-state index in [-0.39, 0.29) is 0 Å². The van der Waals surface area contributed by atoms with E-state index in [1.54, 1.807) is 11.3 Å². The Morgan fingerprint density at radius 1 is 1.29 bits per heavy atom. The van der Waals surface area contributed by atoms with Crippen molar-refractivity contribution in [1.82, 2.24) is 10.3 Å². The quantitative estimate of drug-likeness (QED) is 0.911. The largest absolute Gasteiger partial charge is 0.308 e. The van der Waals surface area contributed by atoms with Gasteiger partial charge in [0.1, 0.15) is 5.01 Å². The first-order valence-corrected chi connectivity index (χ1v) is 7.01. The highest BCUT2D eigenvalue weighted by Gasteiger charge is 2.20. The molecule has 0 spiro atoms. The van der Waals surface area contributed by atoms with Crippen molar-refractivity contribution >= 4 is 22.9 Å². The molecular weight excluding hydrogens is 252 g/mol. The van der Waals surface area contributed by atoms with Crippen LogP contribution in [0.2, 0.25) is 5.02 Å². The molecule has 0 unspecified atom stereocenters. The van der Waals surface area contributed by atoms with E-state index in [1.165, 1.54) is 12.8 Å². The van der Waals surface area contributed by atoms with Crippen LogP contribution in [0.3, 0.4) is 0 Å². The second-order valence-electron chi connectivity index (χ2n) is 4.29. The third kappa shape index (κ3) is 2.86. The van der Waals surface area contributed by atoms with Gasteiger partial charge in [-0.05, 0) is 25.0 Å². The number of benzene rings is 1. The molecule has 1 aromatic carbocycles. The van der Waals surface area contributed by atoms with Crippen LogP contribution in [0.4, 0.5) is 0 Å². The fraction of sp³-hybridized carbons (Fsp3) is 0.308. The molecule has 17 heavy (non-hydrogen) atoms. The summed E-state index contributed by atoms with van der Waals surface area (Å²) in [5, 5.41) is 7.50. The maximum atomic E-state index is 5.87. The van der Waals surface area contributed by atoms with Crippen LogP contribution in [-0.4, -0.2) is 11.0 Å². The zero-order valence-corrected chi connectivity index (χ0v) is 10.9. The average Bonchev–Trinajstić information content (AvgIpc) is 3.06. The van der Waals surface area contributed by atoms with Crippen LogP contribution in [0.1, 0.15) is 17.8 Å². The molecule has 1 fully saturated rings. The highest BCUT2D eigenvalue weighted by atomic mass is 35.5. The maximum Gasteiger partial charge on any atom is 0.107 e. The Hall–Kier alpha value is -0.900. The lowest BCUT2D eigenvalue weighted by atomic mass is 10.2. The van der Waals surface area contributed by atoms with Gasteiger partial charge in [-0.15, -0.1) is 11.3 Å². The van der Waals surface area contributed by atoms with E-state index < -0.39 is 0 Å². The van der Waals surface area contributed by atoms with Crippen molar-refractivity contribution in [2.75, 3.05) is 0 Å². The van der Waals surface area contributed by atoms with Crippen LogP contribution in [-0.2, 0) is 6.54 Å². The molecule has 88 valence electrons. The van der Waals surface area contributed by atoms with Crippen molar-refractivity contribution in [2.24, 2.45) is 0 Å². The summed E-state index contributed by atoms with van der Waals surface area (Å²) in [5.41, 5.74) is 2.17. The molecule has 0 aliphatic heterocycles. The molecule has 1 N–H and O–H groups in total. The number of hydrogen-bond acceptors (Lipinski definition) is 3. The summed E-state index contributed by atoms with van der Waals surface area (Å²) in [6, 6.07) is 8.56. The lowest BCUT2D eigenvalue weighted by Gasteiger charge is -1.98. The van der Waals surface area contributed by atoms with Crippen LogP contribution in [0.25, 0.3) is 11.3 Å². The van der Waals surface area contributed by atoms with Gasteiger partial charge in [0.2, 0.25) is 0 Å². The second kappa shape index (κ2) is 4.77. The molecule has 2 aromatic rings. The predicted molar refractivity (Wildman–Crippen MR) is 72.4 cm³/mol. The summed E-state index contributed by atoms with van der Waals surface area (Å²) >= 11 is 7.58. The maximum absolute atomic E-state index is 5.87. The molecule has 0 atom stereocenters. The molecule has 1 aromatic heterocycles. The van der Waals surface area contributed by atoms with E-state index in [0.29, 0.717) is 0 Å². The van der Waals surface area contributed by atoms with E-state index in [4.69, 9.17) is 11.6 Å². The van der Waals surface area contributed by atoms with E-state index in [0.717, 1.165) is 33.9 Å². The van der Waals surface area contributed by atoms with Crippen molar-refractivity contribution in [2.45, 2.75) is 25.4 Å². The summed E-state index contributed by atoms with van der Waals surface area (Å²) in [6.45, 7) is 0.892. The fourth-order valence-electron chi connectivity index (χ4n) is 1.66. The minimum atomic E-state index is 0.734. The smallest absolute Gasteiger partial charge is 0.107 e. The molecule has 1 aliphatic carbocycles. The monoisotopic (exact) mass is 264 g/mol. The van der Waals surface area contributed by atoms with E-state index >= 15 is 0 Å². The summed E-state index contributed by atoms with van der Waals surface area (Å²) in [6.07, 6.45) is 2.63. The minimum absolute atomic E-state index is 0.734. The number of thiazole rings is 1. The molecule has 4 heteroatoms. The Morgan fingerprint density at radius 3 is 2.76 bits per heavy atom. The zero-order chi connectivity index (χ0) is 11.7. The number of rotatable bonds is 4. The summed E-state index contributed by atoms with van der Waals surface area (Å²) < 4.78 is 0. The summed E-state index contributed by atoms with van der Waals surface area (Å²) in [7, 11) is 0. The third-order valence-electron chi connectivity index (χ3n) is 2.81. The molecule has 0 bridgehead atoms. The minimum Gasteiger partial charge on any atom is -0.308 e. The van der Waals surface area contributed by atoms with Crippen molar-refractivity contribution in [1.29, 1.82) is 0 Å². The predicted octanol–water partition coefficient (Wildman–Crippen LogP) is 3.72. The Kier molecular flexibility index (Phi) is 3.14. The highest BCUT2D eigenvalue weighted by molar-refractivity contribution is 7.09. The molecule has 1 heterocycles. The van der Waals surface area contributed by atoms with Crippen molar-refractivity contribution in [3.05, 3.63) is 39.7 Å². The van der Waals surface area contributed by atoms with Gasteiger partial charge in [0, 0.05) is 28.6 Å². The standard InChI is InChI=1S/C13H13ClN2S/c14-10-3-1-9(2-4-10)12-8-17-13(16-12)7-15-11-5-6-11/h1-4,8,11,15H,5-7H2. The van der Waals surface area contributed by atoms with Crippen molar-refractivity contribution in [3.8, 4) is 11.3 Å². The Labute approximate surface area is 110 Å². The number of nitrogens with zero attached hydrogens (tertiary/aromatic N) is 1. The summed E-state index contributed by atoms with van der Waals surface area (Å²) in [4.78, 5) is 4.62. The van der Waals surface area contributed by atoms with Crippen LogP contribution in [0, 0.1) is 0 Å². The normalized spacial score (nSPS) is 15.1. The van der Waals surface area contributed by atoms with Gasteiger partial charge in [-0.2, -0.15) is 0 Å². The topological polar surface area (TPSA) is 24.9 Å². The molecule has 0 amide bonds. The second-order valence-corrected chi connectivity index (χ2v) is 5.67. The van der Waals surface area contributed by atoms with Gasteiger partial charge in [-0.3, -0.25) is 0 Å². The Bertz CT molecular complexity index is 502. The first-order chi connectivity index (χ1) is 8.31. The van der Waals surface area contributed by atoms with E-state index in [1.807, 2.05) is 24.3 Å². The van der Waals surface area contributed by atoms with Gasteiger partial charge < -0.3 is 5.32 Å². The van der Waals surface area contributed by atoms with Crippen LogP contribution in [0.5, 0.6) is 0 Å². The van der Waals surface area contributed by atoms with Crippen molar-refractivity contribution < 1.29 is 0 Å². The molecule has 0 radical (unpaired) electrons. The van der Waals surface area contributed by atoms with E-state index in [9.17, 15) is 0 Å². The van der Waals surface area contributed by atoms with Crippen LogP contribution in [0.15, 0.2) is 29.6 Å². The highest BCUT2D eigenvalue weighted by Crippen LogP contribution is 2.24. The van der Waals surface area contributed by atoms with Gasteiger partial charge in [0.05, 0.1) is 5.69 Å². The molecule has 0 saturated heterocycles. The van der Waals surface area contributed by atoms with Gasteiger partial charge in [0.15, 0.2) is 0 Å². The number of hydrogen-bond donors (Lipinski definition) is 1. The number of nitrogens with one attached hydrogen (secondary N) is 1. The Balaban J connectivity index is 1.72. The van der Waals surface area contributed by atoms with Gasteiger partial charge >= 0.3 is 0 Å². The van der Waals surface area contributed by atoms with Gasteiger partial charge in [-0.1, -0.05) is 23.7 Å². The molecule has 1 saturated carbocycles. The van der Waals surface area contributed by atoms with Crippen molar-refractivity contribution in [3.63, 3.8) is 0 Å². The number of halogens is 1. The van der Waals surface area contributed by atoms with Gasteiger partial charge in [0.25, 0.3) is 0 Å². The van der Waals surface area contributed by atoms with Crippen LogP contribution >= 0.6 is 22.9 Å². The third-order valence-corrected chi connectivity index (χ3v) is 3.91. The molecule has 1 aliphatic rings. The van der Waals surface area contributed by atoms with Crippen LogP contribution < -0.4 is 5.32 Å². The van der Waals surface area contributed by atoms with Gasteiger partial charge in [-0.25, -0.2) is 4.98 Å². The van der Waals surface area contributed by atoms with E-state index in [2.05, 4.69) is 15.7 Å². The first kappa shape index (κ1) is 11.2.